The average Bonchev–Trinajstić information content (AvgIpc) is 2.35. The van der Waals surface area contributed by atoms with Gasteiger partial charge >= 0.3 is 0 Å². The van der Waals surface area contributed by atoms with Crippen molar-refractivity contribution in [2.45, 2.75) is 12.5 Å². The molecule has 2 rings (SSSR count). The molecule has 4 nitrogen and oxygen atoms in total. The van der Waals surface area contributed by atoms with Crippen molar-refractivity contribution in [2.75, 3.05) is 26.8 Å². The number of primary amides is 1. The van der Waals surface area contributed by atoms with Crippen molar-refractivity contribution in [1.82, 2.24) is 4.90 Å². The Morgan fingerprint density at radius 1 is 1.53 bits per heavy atom. The van der Waals surface area contributed by atoms with Crippen LogP contribution in [-0.2, 0) is 16.0 Å². The lowest BCUT2D eigenvalue weighted by Crippen LogP contribution is -2.43. The zero-order valence-corrected chi connectivity index (χ0v) is 10.1. The van der Waals surface area contributed by atoms with E-state index in [2.05, 4.69) is 11.0 Å². The second kappa shape index (κ2) is 5.29. The lowest BCUT2D eigenvalue weighted by molar-refractivity contribution is -0.124. The van der Waals surface area contributed by atoms with Crippen molar-refractivity contribution in [3.8, 4) is 0 Å². The molecule has 0 saturated carbocycles. The van der Waals surface area contributed by atoms with Gasteiger partial charge in [0, 0.05) is 20.2 Å². The van der Waals surface area contributed by atoms with Crippen LogP contribution in [0.2, 0.25) is 0 Å². The van der Waals surface area contributed by atoms with E-state index in [-0.39, 0.29) is 11.9 Å². The van der Waals surface area contributed by atoms with Gasteiger partial charge in [-0.25, -0.2) is 0 Å². The zero-order valence-electron chi connectivity index (χ0n) is 10.1. The van der Waals surface area contributed by atoms with Gasteiger partial charge in [-0.2, -0.15) is 0 Å². The normalized spacial score (nSPS) is 19.9. The quantitative estimate of drug-likeness (QED) is 0.835. The molecule has 1 aromatic rings. The summed E-state index contributed by atoms with van der Waals surface area (Å²) in [6, 6.07) is 7.70. The van der Waals surface area contributed by atoms with Gasteiger partial charge in [-0.15, -0.1) is 0 Å². The van der Waals surface area contributed by atoms with Crippen LogP contribution in [0, 0.1) is 0 Å². The van der Waals surface area contributed by atoms with E-state index in [4.69, 9.17) is 10.5 Å². The van der Waals surface area contributed by atoms with E-state index in [0.717, 1.165) is 25.1 Å². The minimum Gasteiger partial charge on any atom is -0.383 e. The summed E-state index contributed by atoms with van der Waals surface area (Å²) in [4.78, 5) is 13.7. The van der Waals surface area contributed by atoms with Gasteiger partial charge in [-0.1, -0.05) is 24.3 Å². The molecule has 1 aromatic carbocycles. The van der Waals surface area contributed by atoms with Gasteiger partial charge in [0.15, 0.2) is 0 Å². The molecule has 1 aliphatic rings. The molecular weight excluding hydrogens is 216 g/mol. The lowest BCUT2D eigenvalue weighted by atomic mass is 9.92. The fraction of sp³-hybridized carbons (Fsp3) is 0.462. The first-order chi connectivity index (χ1) is 8.24. The number of fused-ring (bicyclic) bond motifs is 1. The Morgan fingerprint density at radius 2 is 2.29 bits per heavy atom. The number of carbonyl (C=O) groups is 1. The van der Waals surface area contributed by atoms with E-state index in [1.165, 1.54) is 5.56 Å². The molecule has 1 unspecified atom stereocenters. The molecule has 1 atom stereocenters. The van der Waals surface area contributed by atoms with Gasteiger partial charge in [-0.3, -0.25) is 9.69 Å². The molecule has 0 fully saturated rings. The van der Waals surface area contributed by atoms with Crippen molar-refractivity contribution < 1.29 is 9.53 Å². The molecule has 92 valence electrons. The van der Waals surface area contributed by atoms with Crippen molar-refractivity contribution in [1.29, 1.82) is 0 Å². The fourth-order valence-electron chi connectivity index (χ4n) is 2.40. The Labute approximate surface area is 101 Å². The maximum absolute atomic E-state index is 11.6. The number of hydrogen-bond acceptors (Lipinski definition) is 3. The van der Waals surface area contributed by atoms with E-state index in [1.807, 2.05) is 18.2 Å². The summed E-state index contributed by atoms with van der Waals surface area (Å²) in [6.45, 7) is 2.21. The van der Waals surface area contributed by atoms with Gasteiger partial charge in [0.05, 0.1) is 6.61 Å². The van der Waals surface area contributed by atoms with Crippen LogP contribution in [0.4, 0.5) is 0 Å². The number of ether oxygens (including phenoxy) is 1. The van der Waals surface area contributed by atoms with Crippen LogP contribution >= 0.6 is 0 Å². The fourth-order valence-corrected chi connectivity index (χ4v) is 2.40. The lowest BCUT2D eigenvalue weighted by Gasteiger charge is -2.35. The monoisotopic (exact) mass is 234 g/mol. The SMILES string of the molecule is COCCN1CCc2ccccc2C1C(N)=O. The first-order valence-corrected chi connectivity index (χ1v) is 5.84. The van der Waals surface area contributed by atoms with Gasteiger partial charge in [0.2, 0.25) is 5.91 Å². The van der Waals surface area contributed by atoms with E-state index < -0.39 is 0 Å². The van der Waals surface area contributed by atoms with Crippen LogP contribution in [-0.4, -0.2) is 37.6 Å². The third kappa shape index (κ3) is 2.48. The molecule has 1 heterocycles. The van der Waals surface area contributed by atoms with Crippen LogP contribution in [0.25, 0.3) is 0 Å². The highest BCUT2D eigenvalue weighted by Crippen LogP contribution is 2.28. The standard InChI is InChI=1S/C13H18N2O2/c1-17-9-8-15-7-6-10-4-2-3-5-11(10)12(15)13(14)16/h2-5,12H,6-9H2,1H3,(H2,14,16). The van der Waals surface area contributed by atoms with Crippen molar-refractivity contribution in [2.24, 2.45) is 5.73 Å². The minimum absolute atomic E-state index is 0.284. The van der Waals surface area contributed by atoms with Crippen molar-refractivity contribution in [3.05, 3.63) is 35.4 Å². The van der Waals surface area contributed by atoms with Crippen LogP contribution < -0.4 is 5.73 Å². The van der Waals surface area contributed by atoms with E-state index in [1.54, 1.807) is 7.11 Å². The Hall–Kier alpha value is -1.39. The van der Waals surface area contributed by atoms with E-state index in [0.29, 0.717) is 6.61 Å². The molecule has 1 amide bonds. The van der Waals surface area contributed by atoms with Crippen LogP contribution in [0.1, 0.15) is 17.2 Å². The Balaban J connectivity index is 2.26. The third-order valence-corrected chi connectivity index (χ3v) is 3.24. The van der Waals surface area contributed by atoms with E-state index >= 15 is 0 Å². The van der Waals surface area contributed by atoms with Gasteiger partial charge in [-0.05, 0) is 17.5 Å². The molecule has 4 heteroatoms. The summed E-state index contributed by atoms with van der Waals surface area (Å²) in [7, 11) is 1.66. The maximum Gasteiger partial charge on any atom is 0.239 e. The predicted molar refractivity (Wildman–Crippen MR) is 65.5 cm³/mol. The van der Waals surface area contributed by atoms with Crippen LogP contribution in [0.15, 0.2) is 24.3 Å². The van der Waals surface area contributed by atoms with E-state index in [9.17, 15) is 4.79 Å². The number of nitrogens with zero attached hydrogens (tertiary/aromatic N) is 1. The van der Waals surface area contributed by atoms with Crippen molar-refractivity contribution >= 4 is 5.91 Å². The van der Waals surface area contributed by atoms with Gasteiger partial charge < -0.3 is 10.5 Å². The highest BCUT2D eigenvalue weighted by Gasteiger charge is 2.30. The number of carbonyl (C=O) groups excluding carboxylic acids is 1. The van der Waals surface area contributed by atoms with Gasteiger partial charge in [0.25, 0.3) is 0 Å². The number of benzene rings is 1. The summed E-state index contributed by atoms with van der Waals surface area (Å²) < 4.78 is 5.07. The second-order valence-corrected chi connectivity index (χ2v) is 4.28. The largest absolute Gasteiger partial charge is 0.383 e. The molecule has 0 aliphatic carbocycles. The molecule has 1 aliphatic heterocycles. The van der Waals surface area contributed by atoms with Crippen LogP contribution in [0.3, 0.4) is 0 Å². The summed E-state index contributed by atoms with van der Waals surface area (Å²) in [5, 5.41) is 0. The molecule has 0 radical (unpaired) electrons. The highest BCUT2D eigenvalue weighted by molar-refractivity contribution is 5.82. The maximum atomic E-state index is 11.6. The summed E-state index contributed by atoms with van der Waals surface area (Å²) in [5.74, 6) is -0.284. The minimum atomic E-state index is -0.310. The number of nitrogens with two attached hydrogens (primary N) is 1. The summed E-state index contributed by atoms with van der Waals surface area (Å²) in [6.07, 6.45) is 0.962. The smallest absolute Gasteiger partial charge is 0.239 e. The molecule has 17 heavy (non-hydrogen) atoms. The summed E-state index contributed by atoms with van der Waals surface area (Å²) >= 11 is 0. The Kier molecular flexibility index (Phi) is 3.76. The Bertz CT molecular complexity index is 406. The first-order valence-electron chi connectivity index (χ1n) is 5.84. The molecule has 2 N–H and O–H groups in total. The van der Waals surface area contributed by atoms with Crippen LogP contribution in [0.5, 0.6) is 0 Å². The second-order valence-electron chi connectivity index (χ2n) is 4.28. The predicted octanol–water partition coefficient (Wildman–Crippen LogP) is 0.718. The number of amides is 1. The molecule has 0 aromatic heterocycles. The zero-order chi connectivity index (χ0) is 12.3. The van der Waals surface area contributed by atoms with Crippen molar-refractivity contribution in [3.63, 3.8) is 0 Å². The molecule has 0 saturated heterocycles. The third-order valence-electron chi connectivity index (χ3n) is 3.24. The molecule has 0 spiro atoms. The number of rotatable bonds is 4. The Morgan fingerprint density at radius 3 is 3.00 bits per heavy atom. The number of methoxy groups -OCH3 is 1. The van der Waals surface area contributed by atoms with Gasteiger partial charge in [0.1, 0.15) is 6.04 Å². The number of hydrogen-bond donors (Lipinski definition) is 1. The summed E-state index contributed by atoms with van der Waals surface area (Å²) in [5.41, 5.74) is 7.79. The highest BCUT2D eigenvalue weighted by atomic mass is 16.5. The molecule has 0 bridgehead atoms. The topological polar surface area (TPSA) is 55.6 Å². The average molecular weight is 234 g/mol. The first kappa shape index (κ1) is 12.1. The molecular formula is C13H18N2O2.